The minimum atomic E-state index is -4.48. The standard InChI is InChI=1S/C21H22F3N5O2/c22-21(23,24)18-4-3-16-17(28-18)5-8-25-19(16)29-9-6-14(7-10-29)12-26-20(30)27-13-15-2-1-11-31-15/h1-5,8,11,14H,6-7,9-10,12-13H2,(H2,26,27,30). The van der Waals surface area contributed by atoms with E-state index in [0.717, 1.165) is 18.9 Å². The second-order valence-electron chi connectivity index (χ2n) is 7.47. The molecule has 7 nitrogen and oxygen atoms in total. The minimum Gasteiger partial charge on any atom is -0.467 e. The van der Waals surface area contributed by atoms with E-state index in [2.05, 4.69) is 25.5 Å². The zero-order chi connectivity index (χ0) is 21.8. The second kappa shape index (κ2) is 8.83. The summed E-state index contributed by atoms with van der Waals surface area (Å²) in [6, 6.07) is 7.22. The fourth-order valence-electron chi connectivity index (χ4n) is 3.68. The van der Waals surface area contributed by atoms with E-state index in [1.165, 1.54) is 18.3 Å². The van der Waals surface area contributed by atoms with Crippen LogP contribution in [0.2, 0.25) is 0 Å². The Balaban J connectivity index is 1.31. The lowest BCUT2D eigenvalue weighted by Crippen LogP contribution is -2.42. The van der Waals surface area contributed by atoms with Crippen LogP contribution in [-0.2, 0) is 12.7 Å². The Morgan fingerprint density at radius 1 is 1.16 bits per heavy atom. The number of halogens is 3. The van der Waals surface area contributed by atoms with Crippen LogP contribution in [0.3, 0.4) is 0 Å². The third kappa shape index (κ3) is 5.07. The first-order valence-corrected chi connectivity index (χ1v) is 10.0. The number of hydrogen-bond donors (Lipinski definition) is 2. The van der Waals surface area contributed by atoms with Crippen LogP contribution in [0.15, 0.2) is 47.2 Å². The number of carbonyl (C=O) groups is 1. The van der Waals surface area contributed by atoms with E-state index < -0.39 is 11.9 Å². The predicted molar refractivity (Wildman–Crippen MR) is 108 cm³/mol. The lowest BCUT2D eigenvalue weighted by molar-refractivity contribution is -0.140. The number of rotatable bonds is 5. The lowest BCUT2D eigenvalue weighted by atomic mass is 9.96. The number of furan rings is 1. The van der Waals surface area contributed by atoms with Gasteiger partial charge in [0.05, 0.1) is 18.3 Å². The summed E-state index contributed by atoms with van der Waals surface area (Å²) in [6.07, 6.45) is 0.239. The Hall–Kier alpha value is -3.30. The Kier molecular flexibility index (Phi) is 5.97. The zero-order valence-corrected chi connectivity index (χ0v) is 16.7. The molecule has 0 unspecified atom stereocenters. The molecule has 0 saturated carbocycles. The normalized spacial score (nSPS) is 15.3. The molecule has 164 valence electrons. The largest absolute Gasteiger partial charge is 0.467 e. The van der Waals surface area contributed by atoms with Gasteiger partial charge in [0.15, 0.2) is 0 Å². The molecule has 0 aliphatic carbocycles. The van der Waals surface area contributed by atoms with E-state index in [9.17, 15) is 18.0 Å². The smallest absolute Gasteiger partial charge is 0.433 e. The van der Waals surface area contributed by atoms with Gasteiger partial charge in [-0.1, -0.05) is 0 Å². The highest BCUT2D eigenvalue weighted by molar-refractivity contribution is 5.89. The van der Waals surface area contributed by atoms with E-state index in [4.69, 9.17) is 4.42 Å². The highest BCUT2D eigenvalue weighted by Crippen LogP contribution is 2.32. The van der Waals surface area contributed by atoms with E-state index in [1.54, 1.807) is 18.4 Å². The third-order valence-corrected chi connectivity index (χ3v) is 5.35. The molecule has 31 heavy (non-hydrogen) atoms. The van der Waals surface area contributed by atoms with Gasteiger partial charge in [-0.25, -0.2) is 14.8 Å². The maximum atomic E-state index is 12.9. The monoisotopic (exact) mass is 433 g/mol. The molecule has 3 aromatic rings. The summed E-state index contributed by atoms with van der Waals surface area (Å²) in [5, 5.41) is 6.22. The SMILES string of the molecule is O=C(NCc1ccco1)NCC1CCN(c2nccc3nc(C(F)(F)F)ccc23)CC1. The van der Waals surface area contributed by atoms with Crippen molar-refractivity contribution in [1.29, 1.82) is 0 Å². The molecule has 3 aromatic heterocycles. The van der Waals surface area contributed by atoms with Gasteiger partial charge >= 0.3 is 12.2 Å². The van der Waals surface area contributed by atoms with Crippen LogP contribution in [0.4, 0.5) is 23.8 Å². The molecular weight excluding hydrogens is 411 g/mol. The fraction of sp³-hybridized carbons (Fsp3) is 0.381. The summed E-state index contributed by atoms with van der Waals surface area (Å²) in [4.78, 5) is 22.1. The van der Waals surface area contributed by atoms with Crippen LogP contribution < -0.4 is 15.5 Å². The first kappa shape index (κ1) is 21.0. The van der Waals surface area contributed by atoms with E-state index in [0.29, 0.717) is 49.1 Å². The van der Waals surface area contributed by atoms with Crippen molar-refractivity contribution in [3.63, 3.8) is 0 Å². The second-order valence-corrected chi connectivity index (χ2v) is 7.47. The van der Waals surface area contributed by atoms with Crippen molar-refractivity contribution in [3.8, 4) is 0 Å². The number of piperidine rings is 1. The number of hydrogen-bond acceptors (Lipinski definition) is 5. The number of nitrogens with one attached hydrogen (secondary N) is 2. The maximum absolute atomic E-state index is 12.9. The Morgan fingerprint density at radius 3 is 2.68 bits per heavy atom. The molecule has 0 atom stereocenters. The van der Waals surface area contributed by atoms with Gasteiger partial charge in [-0.2, -0.15) is 13.2 Å². The molecular formula is C21H22F3N5O2. The third-order valence-electron chi connectivity index (χ3n) is 5.35. The van der Waals surface area contributed by atoms with Crippen molar-refractivity contribution in [3.05, 3.63) is 54.2 Å². The topological polar surface area (TPSA) is 83.3 Å². The molecule has 2 N–H and O–H groups in total. The van der Waals surface area contributed by atoms with Crippen LogP contribution >= 0.6 is 0 Å². The van der Waals surface area contributed by atoms with Gasteiger partial charge in [0, 0.05) is 31.2 Å². The molecule has 0 radical (unpaired) electrons. The van der Waals surface area contributed by atoms with Crippen LogP contribution in [0.1, 0.15) is 24.3 Å². The first-order chi connectivity index (χ1) is 14.9. The molecule has 10 heteroatoms. The van der Waals surface area contributed by atoms with Crippen molar-refractivity contribution in [1.82, 2.24) is 20.6 Å². The number of carbonyl (C=O) groups excluding carboxylic acids is 1. The van der Waals surface area contributed by atoms with Crippen molar-refractivity contribution in [2.75, 3.05) is 24.5 Å². The van der Waals surface area contributed by atoms with Crippen LogP contribution in [0.5, 0.6) is 0 Å². The van der Waals surface area contributed by atoms with Gasteiger partial charge in [-0.05, 0) is 49.1 Å². The molecule has 4 heterocycles. The number of nitrogens with zero attached hydrogens (tertiary/aromatic N) is 3. The first-order valence-electron chi connectivity index (χ1n) is 10.0. The summed E-state index contributed by atoms with van der Waals surface area (Å²) in [5.74, 6) is 1.64. The molecule has 4 rings (SSSR count). The van der Waals surface area contributed by atoms with Crippen molar-refractivity contribution in [2.24, 2.45) is 5.92 Å². The van der Waals surface area contributed by atoms with Gasteiger partial charge in [0.1, 0.15) is 17.3 Å². The van der Waals surface area contributed by atoms with Crippen LogP contribution in [-0.4, -0.2) is 35.6 Å². The van der Waals surface area contributed by atoms with Gasteiger partial charge in [0.25, 0.3) is 0 Å². The molecule has 0 bridgehead atoms. The Bertz CT molecular complexity index is 1030. The molecule has 1 saturated heterocycles. The van der Waals surface area contributed by atoms with Gasteiger partial charge in [-0.3, -0.25) is 0 Å². The lowest BCUT2D eigenvalue weighted by Gasteiger charge is -2.33. The van der Waals surface area contributed by atoms with Crippen molar-refractivity contribution < 1.29 is 22.4 Å². The molecule has 1 aliphatic rings. The van der Waals surface area contributed by atoms with Gasteiger partial charge < -0.3 is 20.0 Å². The average molecular weight is 433 g/mol. The summed E-state index contributed by atoms with van der Waals surface area (Å²) < 4.78 is 44.0. The molecule has 0 spiro atoms. The number of alkyl halides is 3. The van der Waals surface area contributed by atoms with Gasteiger partial charge in [-0.15, -0.1) is 0 Å². The number of aromatic nitrogens is 2. The number of amides is 2. The quantitative estimate of drug-likeness (QED) is 0.637. The zero-order valence-electron chi connectivity index (χ0n) is 16.7. The summed E-state index contributed by atoms with van der Waals surface area (Å²) >= 11 is 0. The predicted octanol–water partition coefficient (Wildman–Crippen LogP) is 3.96. The fourth-order valence-corrected chi connectivity index (χ4v) is 3.68. The summed E-state index contributed by atoms with van der Waals surface area (Å²) in [6.45, 7) is 2.28. The molecule has 2 amide bonds. The van der Waals surface area contributed by atoms with Crippen molar-refractivity contribution in [2.45, 2.75) is 25.6 Å². The summed E-state index contributed by atoms with van der Waals surface area (Å²) in [5.41, 5.74) is -0.635. The Labute approximate surface area is 176 Å². The summed E-state index contributed by atoms with van der Waals surface area (Å²) in [7, 11) is 0. The molecule has 1 aliphatic heterocycles. The van der Waals surface area contributed by atoms with Crippen molar-refractivity contribution >= 4 is 22.8 Å². The van der Waals surface area contributed by atoms with E-state index in [1.807, 2.05) is 0 Å². The van der Waals surface area contributed by atoms with E-state index in [-0.39, 0.29) is 11.5 Å². The number of urea groups is 1. The van der Waals surface area contributed by atoms with Gasteiger partial charge in [0.2, 0.25) is 0 Å². The highest BCUT2D eigenvalue weighted by Gasteiger charge is 2.32. The van der Waals surface area contributed by atoms with Crippen LogP contribution in [0, 0.1) is 5.92 Å². The average Bonchev–Trinajstić information content (AvgIpc) is 3.29. The van der Waals surface area contributed by atoms with E-state index >= 15 is 0 Å². The maximum Gasteiger partial charge on any atom is 0.433 e. The minimum absolute atomic E-state index is 0.249. The number of fused-ring (bicyclic) bond motifs is 1. The number of anilines is 1. The van der Waals surface area contributed by atoms with Crippen LogP contribution in [0.25, 0.3) is 10.9 Å². The highest BCUT2D eigenvalue weighted by atomic mass is 19.4. The molecule has 0 aromatic carbocycles. The Morgan fingerprint density at radius 2 is 1.97 bits per heavy atom. The number of pyridine rings is 2. The molecule has 1 fully saturated rings.